The summed E-state index contributed by atoms with van der Waals surface area (Å²) in [6, 6.07) is 21.1. The first-order valence-corrected chi connectivity index (χ1v) is 18.2. The topological polar surface area (TPSA) is 86.6 Å². The summed E-state index contributed by atoms with van der Waals surface area (Å²) in [5.74, 6) is 4.26. The van der Waals surface area contributed by atoms with Gasteiger partial charge < -0.3 is 19.3 Å². The predicted octanol–water partition coefficient (Wildman–Crippen LogP) is 11.1. The molecule has 0 aliphatic heterocycles. The highest BCUT2D eigenvalue weighted by Gasteiger charge is 2.16. The molecule has 4 aromatic rings. The molecule has 0 aliphatic carbocycles. The molecule has 3 aromatic carbocycles. The summed E-state index contributed by atoms with van der Waals surface area (Å²) >= 11 is 0. The minimum absolute atomic E-state index is 0.0656. The van der Waals surface area contributed by atoms with Crippen molar-refractivity contribution in [2.24, 2.45) is 5.92 Å². The van der Waals surface area contributed by atoms with Crippen molar-refractivity contribution in [1.82, 2.24) is 15.0 Å². The van der Waals surface area contributed by atoms with Gasteiger partial charge in [0.25, 0.3) is 0 Å². The zero-order valence-corrected chi connectivity index (χ0v) is 29.5. The SMILES string of the molecule is CCCCCCOc1ccc(-c2nc(-c3ccc(OCCCCCC)cc3)nc(-c3ccc(OCC(CC)CCCC)cc3O)n2)cc1. The molecule has 48 heavy (non-hydrogen) atoms. The molecular formula is C41H55N3O4. The Kier molecular flexibility index (Phi) is 15.5. The average Bonchev–Trinajstić information content (AvgIpc) is 3.12. The van der Waals surface area contributed by atoms with Crippen LogP contribution in [0.2, 0.25) is 0 Å². The number of nitrogens with zero attached hydrogens (tertiary/aromatic N) is 3. The highest BCUT2D eigenvalue weighted by Crippen LogP contribution is 2.33. The summed E-state index contributed by atoms with van der Waals surface area (Å²) in [5.41, 5.74) is 2.19. The van der Waals surface area contributed by atoms with Crippen molar-refractivity contribution in [3.05, 3.63) is 66.7 Å². The van der Waals surface area contributed by atoms with E-state index in [9.17, 15) is 5.11 Å². The Bertz CT molecular complexity index is 1420. The Labute approximate surface area is 288 Å². The zero-order chi connectivity index (χ0) is 34.0. The number of aromatic hydroxyl groups is 1. The maximum absolute atomic E-state index is 11.2. The summed E-state index contributed by atoms with van der Waals surface area (Å²) < 4.78 is 18.0. The average molecular weight is 654 g/mol. The van der Waals surface area contributed by atoms with Gasteiger partial charge in [-0.15, -0.1) is 0 Å². The van der Waals surface area contributed by atoms with Gasteiger partial charge in [-0.05, 0) is 85.8 Å². The smallest absolute Gasteiger partial charge is 0.167 e. The van der Waals surface area contributed by atoms with Crippen molar-refractivity contribution >= 4 is 0 Å². The van der Waals surface area contributed by atoms with Crippen LogP contribution in [0.5, 0.6) is 23.0 Å². The van der Waals surface area contributed by atoms with E-state index < -0.39 is 0 Å². The number of benzene rings is 3. The molecule has 0 bridgehead atoms. The van der Waals surface area contributed by atoms with Crippen LogP contribution in [-0.2, 0) is 0 Å². The fourth-order valence-electron chi connectivity index (χ4n) is 5.50. The van der Waals surface area contributed by atoms with Gasteiger partial charge in [-0.1, -0.05) is 85.5 Å². The lowest BCUT2D eigenvalue weighted by molar-refractivity contribution is 0.232. The van der Waals surface area contributed by atoms with Crippen LogP contribution >= 0.6 is 0 Å². The molecule has 0 fully saturated rings. The lowest BCUT2D eigenvalue weighted by atomic mass is 10.0. The van der Waals surface area contributed by atoms with Crippen LogP contribution in [0.3, 0.4) is 0 Å². The number of rotatable bonds is 22. The lowest BCUT2D eigenvalue weighted by Gasteiger charge is -2.16. The Morgan fingerprint density at radius 3 is 1.52 bits per heavy atom. The highest BCUT2D eigenvalue weighted by molar-refractivity contribution is 5.70. The summed E-state index contributed by atoms with van der Waals surface area (Å²) in [6.45, 7) is 10.9. The molecule has 0 amide bonds. The molecule has 1 unspecified atom stereocenters. The van der Waals surface area contributed by atoms with Gasteiger partial charge in [0.2, 0.25) is 0 Å². The number of hydrogen-bond donors (Lipinski definition) is 1. The first-order chi connectivity index (χ1) is 23.5. The van der Waals surface area contributed by atoms with Crippen molar-refractivity contribution in [1.29, 1.82) is 0 Å². The molecule has 7 heteroatoms. The van der Waals surface area contributed by atoms with Crippen molar-refractivity contribution in [2.45, 2.75) is 105 Å². The van der Waals surface area contributed by atoms with Gasteiger partial charge in [-0.25, -0.2) is 15.0 Å². The third-order valence-corrected chi connectivity index (χ3v) is 8.63. The molecule has 1 heterocycles. The summed E-state index contributed by atoms with van der Waals surface area (Å²) in [6.07, 6.45) is 13.9. The van der Waals surface area contributed by atoms with Crippen LogP contribution in [0.1, 0.15) is 105 Å². The van der Waals surface area contributed by atoms with Gasteiger partial charge in [0.15, 0.2) is 17.5 Å². The van der Waals surface area contributed by atoms with Crippen molar-refractivity contribution in [2.75, 3.05) is 19.8 Å². The standard InChI is InChI=1S/C41H55N3O4/c1-5-9-12-14-27-46-34-21-17-32(18-22-34)39-42-40(33-19-23-35(24-20-33)47-28-15-13-10-6-2)44-41(43-39)37-26-25-36(29-38(37)45)48-30-31(8-4)16-11-7-3/h17-26,29,31,45H,5-16,27-28,30H2,1-4H3. The molecule has 258 valence electrons. The van der Waals surface area contributed by atoms with E-state index in [1.165, 1.54) is 51.4 Å². The van der Waals surface area contributed by atoms with E-state index in [0.717, 1.165) is 48.3 Å². The number of unbranched alkanes of at least 4 members (excludes halogenated alkanes) is 7. The maximum Gasteiger partial charge on any atom is 0.167 e. The first kappa shape index (κ1) is 36.7. The Morgan fingerprint density at radius 2 is 1.04 bits per heavy atom. The minimum atomic E-state index is 0.0656. The molecule has 0 saturated carbocycles. The number of phenolic OH excluding ortho intramolecular Hbond substituents is 1. The zero-order valence-electron chi connectivity index (χ0n) is 29.5. The van der Waals surface area contributed by atoms with Crippen molar-refractivity contribution < 1.29 is 19.3 Å². The Morgan fingerprint density at radius 1 is 0.542 bits per heavy atom. The molecule has 0 saturated heterocycles. The third kappa shape index (κ3) is 11.5. The molecule has 4 rings (SSSR count). The fourth-order valence-corrected chi connectivity index (χ4v) is 5.50. The summed E-state index contributed by atoms with van der Waals surface area (Å²) in [5, 5.41) is 11.2. The first-order valence-electron chi connectivity index (χ1n) is 18.2. The van der Waals surface area contributed by atoms with Gasteiger partial charge in [0.05, 0.1) is 25.4 Å². The Balaban J connectivity index is 1.58. The van der Waals surface area contributed by atoms with Crippen LogP contribution in [0.15, 0.2) is 66.7 Å². The van der Waals surface area contributed by atoms with Gasteiger partial charge in [-0.3, -0.25) is 0 Å². The summed E-state index contributed by atoms with van der Waals surface area (Å²) in [7, 11) is 0. The number of ether oxygens (including phenoxy) is 3. The molecule has 1 atom stereocenters. The quantitative estimate of drug-likeness (QED) is 0.0845. The highest BCUT2D eigenvalue weighted by atomic mass is 16.5. The normalized spacial score (nSPS) is 11.8. The minimum Gasteiger partial charge on any atom is -0.507 e. The van der Waals surface area contributed by atoms with Gasteiger partial charge in [0, 0.05) is 17.2 Å². The summed E-state index contributed by atoms with van der Waals surface area (Å²) in [4.78, 5) is 14.5. The van der Waals surface area contributed by atoms with E-state index in [1.54, 1.807) is 6.07 Å². The number of hydrogen-bond acceptors (Lipinski definition) is 7. The lowest BCUT2D eigenvalue weighted by Crippen LogP contribution is -2.11. The monoisotopic (exact) mass is 653 g/mol. The molecule has 1 aromatic heterocycles. The van der Waals surface area contributed by atoms with Gasteiger partial charge >= 0.3 is 0 Å². The van der Waals surface area contributed by atoms with Crippen LogP contribution in [0.25, 0.3) is 34.2 Å². The van der Waals surface area contributed by atoms with E-state index in [1.807, 2.05) is 60.7 Å². The van der Waals surface area contributed by atoms with Crippen LogP contribution in [-0.4, -0.2) is 39.9 Å². The van der Waals surface area contributed by atoms with Crippen LogP contribution in [0, 0.1) is 5.92 Å². The van der Waals surface area contributed by atoms with Crippen molar-refractivity contribution in [3.63, 3.8) is 0 Å². The predicted molar refractivity (Wildman–Crippen MR) is 196 cm³/mol. The van der Waals surface area contributed by atoms with E-state index in [-0.39, 0.29) is 5.75 Å². The second kappa shape index (κ2) is 20.3. The van der Waals surface area contributed by atoms with Crippen LogP contribution in [0.4, 0.5) is 0 Å². The second-order valence-electron chi connectivity index (χ2n) is 12.6. The van der Waals surface area contributed by atoms with E-state index in [0.29, 0.717) is 54.5 Å². The third-order valence-electron chi connectivity index (χ3n) is 8.63. The number of aromatic nitrogens is 3. The fraction of sp³-hybridized carbons (Fsp3) is 0.488. The second-order valence-corrected chi connectivity index (χ2v) is 12.6. The molecule has 0 spiro atoms. The maximum atomic E-state index is 11.2. The van der Waals surface area contributed by atoms with E-state index in [4.69, 9.17) is 29.2 Å². The van der Waals surface area contributed by atoms with Gasteiger partial charge in [-0.2, -0.15) is 0 Å². The largest absolute Gasteiger partial charge is 0.507 e. The van der Waals surface area contributed by atoms with Crippen molar-refractivity contribution in [3.8, 4) is 57.2 Å². The van der Waals surface area contributed by atoms with Crippen LogP contribution < -0.4 is 14.2 Å². The van der Waals surface area contributed by atoms with Gasteiger partial charge in [0.1, 0.15) is 23.0 Å². The van der Waals surface area contributed by atoms with E-state index >= 15 is 0 Å². The Hall–Kier alpha value is -4.13. The molecule has 0 aliphatic rings. The number of phenols is 1. The molecule has 0 radical (unpaired) electrons. The molecular weight excluding hydrogens is 598 g/mol. The van der Waals surface area contributed by atoms with E-state index in [2.05, 4.69) is 27.7 Å². The molecule has 7 nitrogen and oxygen atoms in total. The molecule has 1 N–H and O–H groups in total.